The molecule has 2 rings (SSSR count). The van der Waals surface area contributed by atoms with Crippen LogP contribution >= 0.6 is 0 Å². The number of nitrogens with zero attached hydrogens (tertiary/aromatic N) is 1. The molecule has 2 fully saturated rings. The molecule has 0 saturated carbocycles. The van der Waals surface area contributed by atoms with Gasteiger partial charge in [-0.15, -0.1) is 0 Å². The Bertz CT molecular complexity index is 223. The van der Waals surface area contributed by atoms with Crippen LogP contribution in [0.5, 0.6) is 0 Å². The van der Waals surface area contributed by atoms with Crippen LogP contribution in [0.4, 0.5) is 0 Å². The van der Waals surface area contributed by atoms with E-state index in [9.17, 15) is 5.11 Å². The molecule has 1 unspecified atom stereocenters. The molecule has 4 nitrogen and oxygen atoms in total. The van der Waals surface area contributed by atoms with Crippen LogP contribution in [0, 0.1) is 0 Å². The number of ether oxygens (including phenoxy) is 1. The standard InChI is InChI=1S/C13H26N2O2/c1-13(4-8-17-9-5-13)14-10-12(16)11-15-6-2-3-7-15/h12,14,16H,2-11H2,1H3. The van der Waals surface area contributed by atoms with Crippen LogP contribution in [0.15, 0.2) is 0 Å². The highest BCUT2D eigenvalue weighted by Gasteiger charge is 2.27. The van der Waals surface area contributed by atoms with Crippen LogP contribution in [0.3, 0.4) is 0 Å². The van der Waals surface area contributed by atoms with Crippen molar-refractivity contribution >= 4 is 0 Å². The van der Waals surface area contributed by atoms with Gasteiger partial charge in [-0.3, -0.25) is 0 Å². The van der Waals surface area contributed by atoms with E-state index in [2.05, 4.69) is 17.1 Å². The molecular formula is C13H26N2O2. The van der Waals surface area contributed by atoms with E-state index >= 15 is 0 Å². The maximum absolute atomic E-state index is 10.0. The van der Waals surface area contributed by atoms with Gasteiger partial charge in [0.05, 0.1) is 6.10 Å². The lowest BCUT2D eigenvalue weighted by Gasteiger charge is -2.35. The van der Waals surface area contributed by atoms with E-state index in [1.54, 1.807) is 0 Å². The van der Waals surface area contributed by atoms with Crippen molar-refractivity contribution in [1.29, 1.82) is 0 Å². The Morgan fingerprint density at radius 2 is 1.94 bits per heavy atom. The zero-order chi connectivity index (χ0) is 12.1. The molecule has 0 amide bonds. The summed E-state index contributed by atoms with van der Waals surface area (Å²) in [6.45, 7) is 7.74. The summed E-state index contributed by atoms with van der Waals surface area (Å²) in [5, 5.41) is 13.5. The van der Waals surface area contributed by atoms with E-state index in [1.165, 1.54) is 12.8 Å². The first kappa shape index (κ1) is 13.3. The number of hydrogen-bond acceptors (Lipinski definition) is 4. The van der Waals surface area contributed by atoms with E-state index < -0.39 is 0 Å². The molecule has 2 heterocycles. The fraction of sp³-hybridized carbons (Fsp3) is 1.00. The van der Waals surface area contributed by atoms with Gasteiger partial charge in [0, 0.05) is 31.8 Å². The highest BCUT2D eigenvalue weighted by Crippen LogP contribution is 2.19. The number of hydrogen-bond donors (Lipinski definition) is 2. The van der Waals surface area contributed by atoms with Crippen molar-refractivity contribution in [3.63, 3.8) is 0 Å². The fourth-order valence-corrected chi connectivity index (χ4v) is 2.69. The van der Waals surface area contributed by atoms with Gasteiger partial charge in [-0.1, -0.05) is 0 Å². The number of nitrogens with one attached hydrogen (secondary N) is 1. The van der Waals surface area contributed by atoms with Gasteiger partial charge in [0.15, 0.2) is 0 Å². The molecule has 2 N–H and O–H groups in total. The lowest BCUT2D eigenvalue weighted by molar-refractivity contribution is 0.0362. The average Bonchev–Trinajstić information content (AvgIpc) is 2.80. The minimum Gasteiger partial charge on any atom is -0.390 e. The zero-order valence-corrected chi connectivity index (χ0v) is 11.0. The summed E-state index contributed by atoms with van der Waals surface area (Å²) in [4.78, 5) is 2.36. The average molecular weight is 242 g/mol. The van der Waals surface area contributed by atoms with Crippen molar-refractivity contribution in [2.75, 3.05) is 39.4 Å². The molecule has 0 aromatic heterocycles. The van der Waals surface area contributed by atoms with Crippen LogP contribution < -0.4 is 5.32 Å². The summed E-state index contributed by atoms with van der Waals surface area (Å²) in [6, 6.07) is 0. The van der Waals surface area contributed by atoms with Gasteiger partial charge in [0.25, 0.3) is 0 Å². The maximum atomic E-state index is 10.0. The van der Waals surface area contributed by atoms with Crippen molar-refractivity contribution in [1.82, 2.24) is 10.2 Å². The Balaban J connectivity index is 1.65. The molecule has 4 heteroatoms. The van der Waals surface area contributed by atoms with E-state index in [0.717, 1.165) is 45.7 Å². The van der Waals surface area contributed by atoms with Crippen molar-refractivity contribution in [2.45, 2.75) is 44.2 Å². The van der Waals surface area contributed by atoms with Gasteiger partial charge in [-0.2, -0.15) is 0 Å². The molecule has 100 valence electrons. The molecular weight excluding hydrogens is 216 g/mol. The monoisotopic (exact) mass is 242 g/mol. The third-order valence-electron chi connectivity index (χ3n) is 4.03. The van der Waals surface area contributed by atoms with E-state index in [0.29, 0.717) is 6.54 Å². The topological polar surface area (TPSA) is 44.7 Å². The molecule has 0 bridgehead atoms. The number of aliphatic hydroxyl groups is 1. The molecule has 0 aromatic rings. The molecule has 1 atom stereocenters. The second kappa shape index (κ2) is 6.14. The molecule has 2 aliphatic rings. The number of likely N-dealkylation sites (tertiary alicyclic amines) is 1. The Morgan fingerprint density at radius 3 is 2.59 bits per heavy atom. The second-order valence-corrected chi connectivity index (χ2v) is 5.72. The summed E-state index contributed by atoms with van der Waals surface area (Å²) in [5.74, 6) is 0. The van der Waals surface area contributed by atoms with Crippen molar-refractivity contribution in [3.05, 3.63) is 0 Å². The van der Waals surface area contributed by atoms with Crippen LogP contribution in [0.1, 0.15) is 32.6 Å². The van der Waals surface area contributed by atoms with Gasteiger partial charge in [0.2, 0.25) is 0 Å². The third kappa shape index (κ3) is 4.21. The summed E-state index contributed by atoms with van der Waals surface area (Å²) in [6.07, 6.45) is 4.42. The fourth-order valence-electron chi connectivity index (χ4n) is 2.69. The molecule has 0 radical (unpaired) electrons. The Hall–Kier alpha value is -0.160. The quantitative estimate of drug-likeness (QED) is 0.741. The molecule has 0 spiro atoms. The highest BCUT2D eigenvalue weighted by molar-refractivity contribution is 4.86. The minimum atomic E-state index is -0.243. The van der Waals surface area contributed by atoms with E-state index in [1.807, 2.05) is 0 Å². The van der Waals surface area contributed by atoms with Crippen LogP contribution in [0.2, 0.25) is 0 Å². The summed E-state index contributed by atoms with van der Waals surface area (Å²) < 4.78 is 5.37. The van der Waals surface area contributed by atoms with Gasteiger partial charge in [0.1, 0.15) is 0 Å². The molecule has 2 saturated heterocycles. The Morgan fingerprint density at radius 1 is 1.29 bits per heavy atom. The first-order chi connectivity index (χ1) is 8.18. The highest BCUT2D eigenvalue weighted by atomic mass is 16.5. The van der Waals surface area contributed by atoms with Crippen molar-refractivity contribution in [2.24, 2.45) is 0 Å². The minimum absolute atomic E-state index is 0.157. The van der Waals surface area contributed by atoms with Gasteiger partial charge in [-0.05, 0) is 45.7 Å². The lowest BCUT2D eigenvalue weighted by Crippen LogP contribution is -2.50. The zero-order valence-electron chi connectivity index (χ0n) is 11.0. The second-order valence-electron chi connectivity index (χ2n) is 5.72. The molecule has 0 aliphatic carbocycles. The Kier molecular flexibility index (Phi) is 4.79. The van der Waals surface area contributed by atoms with E-state index in [-0.39, 0.29) is 11.6 Å². The van der Waals surface area contributed by atoms with Crippen LogP contribution in [-0.2, 0) is 4.74 Å². The van der Waals surface area contributed by atoms with Gasteiger partial charge < -0.3 is 20.1 Å². The first-order valence-corrected chi connectivity index (χ1v) is 6.91. The number of rotatable bonds is 5. The smallest absolute Gasteiger partial charge is 0.0791 e. The molecule has 0 aromatic carbocycles. The normalized spacial score (nSPS) is 27.2. The maximum Gasteiger partial charge on any atom is 0.0791 e. The molecule has 2 aliphatic heterocycles. The predicted molar refractivity (Wildman–Crippen MR) is 68.1 cm³/mol. The number of aliphatic hydroxyl groups excluding tert-OH is 1. The third-order valence-corrected chi connectivity index (χ3v) is 4.03. The SMILES string of the molecule is CC1(NCC(O)CN2CCCC2)CCOCC1. The summed E-state index contributed by atoms with van der Waals surface area (Å²) in [7, 11) is 0. The van der Waals surface area contributed by atoms with Crippen LogP contribution in [0.25, 0.3) is 0 Å². The van der Waals surface area contributed by atoms with E-state index in [4.69, 9.17) is 4.74 Å². The van der Waals surface area contributed by atoms with Gasteiger partial charge in [-0.25, -0.2) is 0 Å². The lowest BCUT2D eigenvalue weighted by atomic mass is 9.92. The van der Waals surface area contributed by atoms with Crippen molar-refractivity contribution < 1.29 is 9.84 Å². The van der Waals surface area contributed by atoms with Gasteiger partial charge >= 0.3 is 0 Å². The summed E-state index contributed by atoms with van der Waals surface area (Å²) >= 11 is 0. The molecule has 17 heavy (non-hydrogen) atoms. The predicted octanol–water partition coefficient (Wildman–Crippen LogP) is 0.602. The van der Waals surface area contributed by atoms with Crippen molar-refractivity contribution in [3.8, 4) is 0 Å². The largest absolute Gasteiger partial charge is 0.390 e. The van der Waals surface area contributed by atoms with Crippen LogP contribution in [-0.4, -0.2) is 61.0 Å². The first-order valence-electron chi connectivity index (χ1n) is 6.91. The summed E-state index contributed by atoms with van der Waals surface area (Å²) in [5.41, 5.74) is 0.157. The Labute approximate surface area is 104 Å². The number of β-amino-alcohol motifs (C(OH)–C–C–N with tert-alkyl or cyclic N) is 1.